The van der Waals surface area contributed by atoms with Crippen molar-refractivity contribution in [1.82, 2.24) is 15.0 Å². The highest BCUT2D eigenvalue weighted by Crippen LogP contribution is 2.22. The summed E-state index contributed by atoms with van der Waals surface area (Å²) in [7, 11) is 0. The van der Waals surface area contributed by atoms with E-state index in [4.69, 9.17) is 33.1 Å². The molecule has 0 aliphatic carbocycles. The maximum Gasteiger partial charge on any atom is 0.217 e. The minimum Gasteiger partial charge on any atom is -0.508 e. The molecule has 2 heterocycles. The van der Waals surface area contributed by atoms with Crippen LogP contribution >= 0.6 is 24.4 Å². The quantitative estimate of drug-likeness (QED) is 0.00785. The number of aromatic hydroxyl groups is 1. The van der Waals surface area contributed by atoms with E-state index in [1.807, 2.05) is 71.6 Å². The summed E-state index contributed by atoms with van der Waals surface area (Å²) in [5.74, 6) is 19.5. The topological polar surface area (TPSA) is 270 Å². The molecule has 0 fully saturated rings. The molecule has 834 valence electrons. The third kappa shape index (κ3) is 172. The van der Waals surface area contributed by atoms with Gasteiger partial charge in [-0.25, -0.2) is 4.98 Å². The summed E-state index contributed by atoms with van der Waals surface area (Å²) in [5, 5.41) is 19.0. The molecule has 12 N–H and O–H groups in total. The first-order valence-electron chi connectivity index (χ1n) is 54.7. The average Bonchev–Trinajstić information content (AvgIpc) is 1.69. The number of nitrogens with zero attached hydrogens (tertiary/aromatic N) is 2. The minimum absolute atomic E-state index is 0. The molecular formula is C124H250N8O6S2. The maximum atomic E-state index is 10.3. The highest BCUT2D eigenvalue weighted by molar-refractivity contribution is 7.98. The molecule has 140 heavy (non-hydrogen) atoms. The number of rotatable bonds is 37. The van der Waals surface area contributed by atoms with Gasteiger partial charge in [0.05, 0.1) is 12.4 Å². The summed E-state index contributed by atoms with van der Waals surface area (Å²) in [6, 6.07) is 26.5. The van der Waals surface area contributed by atoms with Gasteiger partial charge in [-0.1, -0.05) is 425 Å². The van der Waals surface area contributed by atoms with E-state index in [2.05, 4.69) is 377 Å². The monoisotopic (exact) mass is 2010 g/mol. The number of Topliss-reactive ketones (excluding diaryl/α,β-unsaturated/α-hetero) is 2. The number of aromatic nitrogens is 3. The molecule has 5 aromatic rings. The van der Waals surface area contributed by atoms with Crippen molar-refractivity contribution in [2.24, 2.45) is 158 Å². The van der Waals surface area contributed by atoms with Crippen LogP contribution in [0.15, 0.2) is 103 Å². The van der Waals surface area contributed by atoms with Gasteiger partial charge in [-0.05, 0) is 261 Å². The summed E-state index contributed by atoms with van der Waals surface area (Å²) in [4.78, 5) is 54.9. The zero-order valence-electron chi connectivity index (χ0n) is 102. The summed E-state index contributed by atoms with van der Waals surface area (Å²) in [6.07, 6.45) is 28.6. The van der Waals surface area contributed by atoms with E-state index in [1.54, 1.807) is 39.2 Å². The number of carbonyl (C=O) groups excluding carboxylic acids is 4. The number of ketones is 2. The van der Waals surface area contributed by atoms with Gasteiger partial charge in [0, 0.05) is 61.2 Å². The standard InChI is InChI=1S/C12H15N.C10H14O.C10H14.2C8H18.C7H17N3.C7H12N2.C7H14O.C7H16.C6H13NO.C6H12O.C6H14S.C6H14.C5H11NO.C5H12O.C5H12.C4H10S.C4H10.CH4/c1-9(2)7-10-8-13-12-6-4-3-5-11(10)12;1-8(2)7-9-3-5-10(11)6-4-9;1-9(2)8-10-6-4-3-5-7-10;1-6(2)8(5)7(3)4;1-4-5-6-7-8(2)3;1-6(2)4-3-5-10-7(8)9;1-6(2)3-7-4-8-5-9-7;1-6(2)4-5-7(3)8;1-5-7(4)6(2)3;1-5(2)3-4-6(7)8;1-5(2)4-6(3)7;1-6(2)4-5-7-3;1-5(2)6(3)4;1-4(2)3-5(6)7;1-4(2)5(3)6;1-4-5(2)3;1-4(2)3-5;1-4(2)3;/h3-6,8-9,13H,7H2,1-2H3;3-6,8,11H,7H2,1-2H3;3-7,9H,8H2,1-2H3;6-8H,1-5H3;8H,4-7H2,1-3H3;6H,3-5H2,1-2H3,(H4,8,9,10);4-6H,3H2,1-2H3,(H,8,9);6H,4-5H2,1-3H3;6-7H,5H2,1-4H3;5H,3-4H2,1-2H3,(H2,7,8);5H,4H2,1-3H3;6H,4-5H2,1-3H3;5-6H,1-4H3;4H,3H2,1-2H3,(H2,6,7);4-6H,1-3H3;5H,4H2,1-3H3;4-5H,3H2,1-2H3;4H,1-3H3;1H4. The molecule has 2 atom stereocenters. The Morgan fingerprint density at radius 3 is 1.04 bits per heavy atom. The van der Waals surface area contributed by atoms with Crippen molar-refractivity contribution in [1.29, 1.82) is 0 Å². The number of guanidine groups is 1. The number of unbranched alkanes of at least 4 members (excludes halogenated alkanes) is 2. The minimum atomic E-state index is -0.213. The van der Waals surface area contributed by atoms with E-state index < -0.39 is 0 Å². The molecule has 2 aromatic heterocycles. The van der Waals surface area contributed by atoms with Crippen molar-refractivity contribution >= 4 is 64.6 Å². The van der Waals surface area contributed by atoms with Gasteiger partial charge < -0.3 is 52.7 Å². The van der Waals surface area contributed by atoms with Crippen LogP contribution < -0.4 is 22.9 Å². The largest absolute Gasteiger partial charge is 0.508 e. The number of carbonyl (C=O) groups is 4. The number of aromatic amines is 2. The number of thioether (sulfide) groups is 1. The first-order chi connectivity index (χ1) is 64.0. The van der Waals surface area contributed by atoms with Crippen LogP contribution in [0, 0.1) is 130 Å². The number of primary amides is 2. The van der Waals surface area contributed by atoms with Crippen LogP contribution in [0.3, 0.4) is 0 Å². The number of fused-ring (bicyclic) bond motifs is 1. The molecule has 3 aromatic carbocycles. The number of phenolic OH excluding ortho intramolecular Hbond substituents is 1. The number of amides is 2. The summed E-state index contributed by atoms with van der Waals surface area (Å²) < 4.78 is 0. The first-order valence-corrected chi connectivity index (χ1v) is 56.7. The predicted octanol–water partition coefficient (Wildman–Crippen LogP) is 36.7. The molecule has 0 aliphatic heterocycles. The van der Waals surface area contributed by atoms with E-state index in [-0.39, 0.29) is 37.1 Å². The molecule has 0 radical (unpaired) electrons. The molecule has 16 heteroatoms. The Bertz CT molecular complexity index is 3180. The van der Waals surface area contributed by atoms with Crippen LogP contribution in [0.4, 0.5) is 0 Å². The van der Waals surface area contributed by atoms with Crippen molar-refractivity contribution < 1.29 is 29.4 Å². The maximum absolute atomic E-state index is 10.3. The van der Waals surface area contributed by atoms with Gasteiger partial charge in [-0.15, -0.1) is 0 Å². The number of nitrogens with one attached hydrogen (secondary N) is 2. The molecule has 0 aliphatic rings. The van der Waals surface area contributed by atoms with Crippen molar-refractivity contribution in [2.75, 3.05) is 24.3 Å². The molecular weight excluding hydrogens is 1760 g/mol. The fourth-order valence-electron chi connectivity index (χ4n) is 9.77. The average molecular weight is 2010 g/mol. The molecule has 2 unspecified atom stereocenters. The summed E-state index contributed by atoms with van der Waals surface area (Å²) in [5.41, 5.74) is 26.7. The summed E-state index contributed by atoms with van der Waals surface area (Å²) >= 11 is 5.95. The Kier molecular flexibility index (Phi) is 136. The number of thiol groups is 1. The van der Waals surface area contributed by atoms with Crippen molar-refractivity contribution in [3.8, 4) is 5.75 Å². The van der Waals surface area contributed by atoms with Gasteiger partial charge >= 0.3 is 0 Å². The second-order valence-electron chi connectivity index (χ2n) is 45.8. The number of phenols is 1. The lowest BCUT2D eigenvalue weighted by atomic mass is 9.88. The lowest BCUT2D eigenvalue weighted by Crippen LogP contribution is -2.22. The van der Waals surface area contributed by atoms with E-state index in [9.17, 15) is 19.2 Å². The van der Waals surface area contributed by atoms with Crippen molar-refractivity contribution in [2.45, 2.75) is 475 Å². The second-order valence-corrected chi connectivity index (χ2v) is 47.2. The zero-order valence-corrected chi connectivity index (χ0v) is 103. The van der Waals surface area contributed by atoms with Gasteiger partial charge in [0.2, 0.25) is 11.8 Å². The van der Waals surface area contributed by atoms with E-state index in [1.165, 1.54) is 96.8 Å². The van der Waals surface area contributed by atoms with Gasteiger partial charge in [-0.3, -0.25) is 14.6 Å². The number of hydrogen-bond donors (Lipinski definition) is 9. The van der Waals surface area contributed by atoms with E-state index >= 15 is 0 Å². The lowest BCUT2D eigenvalue weighted by molar-refractivity contribution is -0.119. The van der Waals surface area contributed by atoms with Crippen LogP contribution in [0.2, 0.25) is 0 Å². The second kappa shape index (κ2) is 115. The van der Waals surface area contributed by atoms with Crippen molar-refractivity contribution in [3.05, 3.63) is 120 Å². The fraction of sp³-hybridized carbons (Fsp3) is 0.774. The number of H-pyrrole nitrogens is 2. The number of aliphatic hydroxyl groups excluding tert-OH is 1. The number of para-hydroxylation sites is 1. The fourth-order valence-corrected chi connectivity index (χ4v) is 10.5. The molecule has 0 saturated heterocycles. The van der Waals surface area contributed by atoms with Gasteiger partial charge in [-0.2, -0.15) is 24.4 Å². The van der Waals surface area contributed by atoms with E-state index in [0.717, 1.165) is 152 Å². The molecule has 5 rings (SSSR count). The van der Waals surface area contributed by atoms with Gasteiger partial charge in [0.1, 0.15) is 17.3 Å². The number of aliphatic imine (C=N–C) groups is 1. The van der Waals surface area contributed by atoms with Crippen LogP contribution in [0.1, 0.15) is 465 Å². The number of imidazole rings is 1. The zero-order chi connectivity index (χ0) is 112. The molecule has 0 spiro atoms. The first kappa shape index (κ1) is 165. The smallest absolute Gasteiger partial charge is 0.217 e. The number of benzene rings is 3. The Morgan fingerprint density at radius 1 is 0.414 bits per heavy atom. The third-order valence-corrected chi connectivity index (χ3v) is 22.2. The lowest BCUT2D eigenvalue weighted by Gasteiger charge is -2.18. The Balaban J connectivity index is -0.000000101. The highest BCUT2D eigenvalue weighted by atomic mass is 32.2. The SMILES string of the molecule is C.CC(=O)CC(C)C.CC(=O)CCC(C)C.CC(C)C.CC(C)C(C)C.CC(C)C(C)C(C)C.CC(C)C(C)O.CC(C)CC(N)=O.CC(C)CCC(N)=O.CC(C)CCCN=C(N)N.CC(C)CS.CC(C)Cc1c[nH]c2ccccc12.CC(C)Cc1ccc(O)cc1.CC(C)Cc1ccccc1.CC(C)Cc1cnc[nH]1.CCC(C)C.CCC(C)C(C)C.CCCCCC(C)C.CSCCC(C)C. The number of nitrogens with two attached hydrogens (primary N) is 4. The summed E-state index contributed by atoms with van der Waals surface area (Å²) in [6.45, 7) is 107. The van der Waals surface area contributed by atoms with Crippen LogP contribution in [-0.2, 0) is 44.9 Å². The van der Waals surface area contributed by atoms with Crippen LogP contribution in [0.5, 0.6) is 5.75 Å². The molecule has 14 nitrogen and oxygen atoms in total. The van der Waals surface area contributed by atoms with Crippen LogP contribution in [0.25, 0.3) is 10.9 Å². The van der Waals surface area contributed by atoms with Gasteiger partial charge in [0.15, 0.2) is 5.96 Å². The third-order valence-electron chi connectivity index (χ3n) is 20.8. The molecule has 2 amide bonds. The molecule has 0 bridgehead atoms. The normalized spacial score (nSPS) is 10.7. The number of hydrogen-bond acceptors (Lipinski definition) is 10. The number of aliphatic hydroxyl groups is 1. The Labute approximate surface area is 886 Å². The van der Waals surface area contributed by atoms with E-state index in [0.29, 0.717) is 65.8 Å². The van der Waals surface area contributed by atoms with Gasteiger partial charge in [0.25, 0.3) is 0 Å². The Hall–Kier alpha value is -5.58. The predicted molar refractivity (Wildman–Crippen MR) is 644 cm³/mol. The Morgan fingerprint density at radius 2 is 0.800 bits per heavy atom. The van der Waals surface area contributed by atoms with Crippen molar-refractivity contribution in [3.63, 3.8) is 0 Å². The van der Waals surface area contributed by atoms with Crippen LogP contribution in [-0.4, -0.2) is 84.9 Å². The highest BCUT2D eigenvalue weighted by Gasteiger charge is 2.11. The molecule has 0 saturated carbocycles.